The summed E-state index contributed by atoms with van der Waals surface area (Å²) in [4.78, 5) is 24.6. The Kier molecular flexibility index (Phi) is 7.10. The van der Waals surface area contributed by atoms with E-state index in [0.717, 1.165) is 0 Å². The minimum atomic E-state index is -4.44. The van der Waals surface area contributed by atoms with Crippen LogP contribution in [0.2, 0.25) is 0 Å². The Bertz CT molecular complexity index is 501. The molecular weight excluding hydrogens is 317 g/mol. The molecule has 1 N–H and O–H groups in total. The van der Waals surface area contributed by atoms with Gasteiger partial charge in [0, 0.05) is 19.5 Å². The molecule has 122 valence electrons. The highest BCUT2D eigenvalue weighted by atomic mass is 32.1. The van der Waals surface area contributed by atoms with Crippen LogP contribution >= 0.6 is 11.3 Å². The summed E-state index contributed by atoms with van der Waals surface area (Å²) >= 11 is 1.29. The first-order chi connectivity index (χ1) is 10.3. The summed E-state index contributed by atoms with van der Waals surface area (Å²) in [6, 6.07) is 3.41. The van der Waals surface area contributed by atoms with Gasteiger partial charge in [0.1, 0.15) is 6.54 Å². The van der Waals surface area contributed by atoms with E-state index in [2.05, 4.69) is 11.9 Å². The maximum atomic E-state index is 12.4. The van der Waals surface area contributed by atoms with E-state index in [1.807, 2.05) is 0 Å². The van der Waals surface area contributed by atoms with Crippen LogP contribution in [-0.2, 0) is 4.79 Å². The number of amides is 2. The summed E-state index contributed by atoms with van der Waals surface area (Å²) in [5.74, 6) is -0.858. The first-order valence-corrected chi connectivity index (χ1v) is 7.48. The number of carbonyl (C=O) groups is 2. The molecule has 0 saturated carbocycles. The van der Waals surface area contributed by atoms with Crippen LogP contribution < -0.4 is 5.32 Å². The van der Waals surface area contributed by atoms with Crippen LogP contribution in [0.5, 0.6) is 0 Å². The van der Waals surface area contributed by atoms with Crippen molar-refractivity contribution in [3.63, 3.8) is 0 Å². The van der Waals surface area contributed by atoms with Gasteiger partial charge < -0.3 is 10.2 Å². The second-order valence-corrected chi connectivity index (χ2v) is 5.46. The minimum Gasteiger partial charge on any atom is -0.351 e. The van der Waals surface area contributed by atoms with Crippen molar-refractivity contribution in [3.8, 4) is 0 Å². The molecule has 0 aliphatic carbocycles. The summed E-state index contributed by atoms with van der Waals surface area (Å²) in [5.41, 5.74) is 0. The van der Waals surface area contributed by atoms with Crippen molar-refractivity contribution in [2.45, 2.75) is 19.0 Å². The van der Waals surface area contributed by atoms with Crippen LogP contribution in [0.4, 0.5) is 13.2 Å². The van der Waals surface area contributed by atoms with Gasteiger partial charge in [-0.3, -0.25) is 9.59 Å². The fraction of sp³-hybridized carbons (Fsp3) is 0.429. The largest absolute Gasteiger partial charge is 0.406 e. The number of nitrogens with zero attached hydrogens (tertiary/aromatic N) is 1. The van der Waals surface area contributed by atoms with E-state index < -0.39 is 18.6 Å². The highest BCUT2D eigenvalue weighted by molar-refractivity contribution is 7.12. The maximum Gasteiger partial charge on any atom is 0.406 e. The number of thiophene rings is 1. The lowest BCUT2D eigenvalue weighted by Gasteiger charge is -2.22. The third kappa shape index (κ3) is 6.75. The van der Waals surface area contributed by atoms with Crippen LogP contribution in [0, 0.1) is 0 Å². The Hall–Kier alpha value is -1.83. The lowest BCUT2D eigenvalue weighted by molar-refractivity contribution is -0.160. The van der Waals surface area contributed by atoms with Gasteiger partial charge in [-0.15, -0.1) is 17.9 Å². The average Bonchev–Trinajstić information content (AvgIpc) is 2.95. The molecule has 1 rings (SSSR count). The highest BCUT2D eigenvalue weighted by Gasteiger charge is 2.32. The summed E-state index contributed by atoms with van der Waals surface area (Å²) in [5, 5.41) is 4.38. The van der Waals surface area contributed by atoms with Crippen molar-refractivity contribution in [2.75, 3.05) is 19.6 Å². The van der Waals surface area contributed by atoms with Crippen LogP contribution in [0.25, 0.3) is 0 Å². The molecule has 0 bridgehead atoms. The number of carbonyl (C=O) groups excluding carboxylic acids is 2. The van der Waals surface area contributed by atoms with Crippen LogP contribution in [-0.4, -0.2) is 42.5 Å². The van der Waals surface area contributed by atoms with E-state index in [4.69, 9.17) is 0 Å². The molecule has 22 heavy (non-hydrogen) atoms. The van der Waals surface area contributed by atoms with Gasteiger partial charge in [-0.2, -0.15) is 13.2 Å². The standard InChI is InChI=1S/C14H17F3N2O2S/c1-2-8-19(10-14(15,16)17)12(20)6-3-7-18-13(21)11-5-4-9-22-11/h2,4-5,9H,1,3,6-8,10H2,(H,18,21). The molecule has 1 aromatic rings. The molecule has 4 nitrogen and oxygen atoms in total. The van der Waals surface area contributed by atoms with Crippen LogP contribution in [0.15, 0.2) is 30.2 Å². The number of hydrogen-bond acceptors (Lipinski definition) is 3. The van der Waals surface area contributed by atoms with E-state index in [-0.39, 0.29) is 31.8 Å². The van der Waals surface area contributed by atoms with Gasteiger partial charge in [0.25, 0.3) is 5.91 Å². The lowest BCUT2D eigenvalue weighted by atomic mass is 10.2. The molecule has 1 heterocycles. The van der Waals surface area contributed by atoms with Crippen molar-refractivity contribution >= 4 is 23.2 Å². The second-order valence-electron chi connectivity index (χ2n) is 4.51. The SMILES string of the molecule is C=CCN(CC(F)(F)F)C(=O)CCCNC(=O)c1cccs1. The van der Waals surface area contributed by atoms with E-state index in [1.54, 1.807) is 17.5 Å². The van der Waals surface area contributed by atoms with E-state index in [9.17, 15) is 22.8 Å². The molecule has 8 heteroatoms. The zero-order valence-electron chi connectivity index (χ0n) is 11.9. The smallest absolute Gasteiger partial charge is 0.351 e. The zero-order chi connectivity index (χ0) is 16.6. The molecule has 0 aliphatic heterocycles. The van der Waals surface area contributed by atoms with Gasteiger partial charge in [-0.25, -0.2) is 0 Å². The number of rotatable bonds is 8. The number of alkyl halides is 3. The van der Waals surface area contributed by atoms with Gasteiger partial charge in [0.2, 0.25) is 5.91 Å². The van der Waals surface area contributed by atoms with Crippen LogP contribution in [0.3, 0.4) is 0 Å². The maximum absolute atomic E-state index is 12.4. The Morgan fingerprint density at radius 3 is 2.68 bits per heavy atom. The van der Waals surface area contributed by atoms with Crippen molar-refractivity contribution < 1.29 is 22.8 Å². The van der Waals surface area contributed by atoms with Crippen molar-refractivity contribution in [1.82, 2.24) is 10.2 Å². The van der Waals surface area contributed by atoms with Gasteiger partial charge >= 0.3 is 6.18 Å². The first-order valence-electron chi connectivity index (χ1n) is 6.60. The summed E-state index contributed by atoms with van der Waals surface area (Å²) < 4.78 is 37.1. The molecule has 0 aromatic carbocycles. The molecule has 2 amide bonds. The van der Waals surface area contributed by atoms with Gasteiger partial charge in [-0.05, 0) is 17.9 Å². The summed E-state index contributed by atoms with van der Waals surface area (Å²) in [6.45, 7) is 2.13. The zero-order valence-corrected chi connectivity index (χ0v) is 12.7. The fourth-order valence-corrected chi connectivity index (χ4v) is 2.36. The highest BCUT2D eigenvalue weighted by Crippen LogP contribution is 2.17. The van der Waals surface area contributed by atoms with E-state index in [0.29, 0.717) is 9.78 Å². The predicted octanol–water partition coefficient (Wildman–Crippen LogP) is 2.84. The molecular formula is C14H17F3N2O2S. The Labute approximate surface area is 130 Å². The van der Waals surface area contributed by atoms with E-state index >= 15 is 0 Å². The fourth-order valence-electron chi connectivity index (χ4n) is 1.72. The molecule has 0 atom stereocenters. The van der Waals surface area contributed by atoms with Gasteiger partial charge in [-0.1, -0.05) is 12.1 Å². The Morgan fingerprint density at radius 1 is 1.41 bits per heavy atom. The summed E-state index contributed by atoms with van der Waals surface area (Å²) in [7, 11) is 0. The number of nitrogens with one attached hydrogen (secondary N) is 1. The molecule has 0 fully saturated rings. The molecule has 0 radical (unpaired) electrons. The molecule has 1 aromatic heterocycles. The first kappa shape index (κ1) is 18.2. The van der Waals surface area contributed by atoms with Crippen molar-refractivity contribution in [1.29, 1.82) is 0 Å². The lowest BCUT2D eigenvalue weighted by Crippen LogP contribution is -2.39. The number of hydrogen-bond donors (Lipinski definition) is 1. The Morgan fingerprint density at radius 2 is 2.14 bits per heavy atom. The normalized spacial score (nSPS) is 11.0. The monoisotopic (exact) mass is 334 g/mol. The van der Waals surface area contributed by atoms with Crippen LogP contribution in [0.1, 0.15) is 22.5 Å². The molecule has 0 aliphatic rings. The Balaban J connectivity index is 2.34. The third-order valence-corrected chi connectivity index (χ3v) is 3.54. The topological polar surface area (TPSA) is 49.4 Å². The quantitative estimate of drug-likeness (QED) is 0.587. The van der Waals surface area contributed by atoms with Gasteiger partial charge in [0.05, 0.1) is 4.88 Å². The average molecular weight is 334 g/mol. The van der Waals surface area contributed by atoms with Gasteiger partial charge in [0.15, 0.2) is 0 Å². The molecule has 0 unspecified atom stereocenters. The van der Waals surface area contributed by atoms with Crippen molar-refractivity contribution in [3.05, 3.63) is 35.0 Å². The predicted molar refractivity (Wildman–Crippen MR) is 78.7 cm³/mol. The van der Waals surface area contributed by atoms with E-state index in [1.165, 1.54) is 17.4 Å². The third-order valence-electron chi connectivity index (χ3n) is 2.67. The molecule has 0 saturated heterocycles. The molecule has 0 spiro atoms. The van der Waals surface area contributed by atoms with Crippen molar-refractivity contribution in [2.24, 2.45) is 0 Å². The second kappa shape index (κ2) is 8.57. The minimum absolute atomic E-state index is 0.0609. The summed E-state index contributed by atoms with van der Waals surface area (Å²) in [6.07, 6.45) is -2.97. The number of halogens is 3.